The molecule has 0 radical (unpaired) electrons. The standard InChI is InChI=1S/C10H11ClO2/c1-8(12)10-4-2-9(3-5-10)6-13-7-11/h2-5H,6-7H2,1H3. The average Bonchev–Trinajstić information content (AvgIpc) is 2.15. The van der Waals surface area contributed by atoms with Crippen LogP contribution in [-0.4, -0.2) is 11.8 Å². The van der Waals surface area contributed by atoms with Gasteiger partial charge in [0, 0.05) is 5.56 Å². The zero-order chi connectivity index (χ0) is 9.68. The summed E-state index contributed by atoms with van der Waals surface area (Å²) in [6.45, 7) is 2.03. The van der Waals surface area contributed by atoms with Crippen LogP contribution in [0.5, 0.6) is 0 Å². The summed E-state index contributed by atoms with van der Waals surface area (Å²) in [5.41, 5.74) is 1.74. The van der Waals surface area contributed by atoms with E-state index < -0.39 is 0 Å². The number of halogens is 1. The van der Waals surface area contributed by atoms with Gasteiger partial charge in [-0.3, -0.25) is 4.79 Å². The second-order valence-corrected chi connectivity index (χ2v) is 2.93. The highest BCUT2D eigenvalue weighted by atomic mass is 35.5. The topological polar surface area (TPSA) is 26.3 Å². The van der Waals surface area contributed by atoms with E-state index in [9.17, 15) is 4.79 Å². The maximum atomic E-state index is 10.9. The van der Waals surface area contributed by atoms with Crippen molar-refractivity contribution in [3.63, 3.8) is 0 Å². The van der Waals surface area contributed by atoms with Crippen LogP contribution in [0.4, 0.5) is 0 Å². The Morgan fingerprint density at radius 2 is 2.00 bits per heavy atom. The average molecular weight is 199 g/mol. The van der Waals surface area contributed by atoms with Crippen LogP contribution in [-0.2, 0) is 11.3 Å². The monoisotopic (exact) mass is 198 g/mol. The molecule has 0 aliphatic rings. The third kappa shape index (κ3) is 3.17. The molecule has 0 aliphatic heterocycles. The van der Waals surface area contributed by atoms with Crippen LogP contribution in [0.15, 0.2) is 24.3 Å². The van der Waals surface area contributed by atoms with Crippen molar-refractivity contribution in [2.75, 3.05) is 6.07 Å². The number of ketones is 1. The molecule has 0 bridgehead atoms. The van der Waals surface area contributed by atoms with Gasteiger partial charge in [-0.1, -0.05) is 35.9 Å². The molecule has 70 valence electrons. The highest BCUT2D eigenvalue weighted by Gasteiger charge is 1.98. The first-order valence-electron chi connectivity index (χ1n) is 3.97. The van der Waals surface area contributed by atoms with Crippen LogP contribution in [0.1, 0.15) is 22.8 Å². The van der Waals surface area contributed by atoms with Gasteiger partial charge >= 0.3 is 0 Å². The first kappa shape index (κ1) is 10.2. The first-order valence-corrected chi connectivity index (χ1v) is 4.51. The van der Waals surface area contributed by atoms with E-state index in [0.717, 1.165) is 11.1 Å². The lowest BCUT2D eigenvalue weighted by molar-refractivity contribution is 0.101. The summed E-state index contributed by atoms with van der Waals surface area (Å²) in [4.78, 5) is 10.9. The molecular formula is C10H11ClO2. The minimum atomic E-state index is 0.0739. The van der Waals surface area contributed by atoms with Crippen LogP contribution >= 0.6 is 11.6 Å². The molecule has 0 unspecified atom stereocenters. The van der Waals surface area contributed by atoms with E-state index in [4.69, 9.17) is 16.3 Å². The fourth-order valence-electron chi connectivity index (χ4n) is 0.992. The summed E-state index contributed by atoms with van der Waals surface area (Å²) in [6, 6.07) is 7.49. The summed E-state index contributed by atoms with van der Waals surface area (Å²) in [6.07, 6.45) is 0. The third-order valence-corrected chi connectivity index (χ3v) is 1.86. The molecule has 1 aromatic carbocycles. The predicted molar refractivity (Wildman–Crippen MR) is 52.0 cm³/mol. The van der Waals surface area contributed by atoms with Crippen molar-refractivity contribution < 1.29 is 9.53 Å². The van der Waals surface area contributed by atoms with Crippen molar-refractivity contribution in [1.29, 1.82) is 0 Å². The van der Waals surface area contributed by atoms with E-state index in [-0.39, 0.29) is 11.8 Å². The van der Waals surface area contributed by atoms with E-state index in [0.29, 0.717) is 6.61 Å². The van der Waals surface area contributed by atoms with E-state index in [1.807, 2.05) is 12.1 Å². The first-order chi connectivity index (χ1) is 6.24. The van der Waals surface area contributed by atoms with Crippen LogP contribution in [0.2, 0.25) is 0 Å². The Hall–Kier alpha value is -0.860. The molecule has 13 heavy (non-hydrogen) atoms. The Bertz CT molecular complexity index is 279. The van der Waals surface area contributed by atoms with E-state index >= 15 is 0 Å². The molecule has 0 spiro atoms. The van der Waals surface area contributed by atoms with Gasteiger partial charge in [-0.25, -0.2) is 0 Å². The highest BCUT2D eigenvalue weighted by Crippen LogP contribution is 2.06. The van der Waals surface area contributed by atoms with Crippen molar-refractivity contribution in [2.24, 2.45) is 0 Å². The Labute approximate surface area is 82.5 Å². The molecule has 0 N–H and O–H groups in total. The smallest absolute Gasteiger partial charge is 0.159 e. The number of benzene rings is 1. The minimum absolute atomic E-state index is 0.0739. The van der Waals surface area contributed by atoms with Crippen LogP contribution in [0.3, 0.4) is 0 Å². The third-order valence-electron chi connectivity index (χ3n) is 1.71. The normalized spacial score (nSPS) is 10.0. The fraction of sp³-hybridized carbons (Fsp3) is 0.300. The van der Waals surface area contributed by atoms with Crippen molar-refractivity contribution in [3.05, 3.63) is 35.4 Å². The minimum Gasteiger partial charge on any atom is -0.361 e. The van der Waals surface area contributed by atoms with Gasteiger partial charge in [0.25, 0.3) is 0 Å². The molecule has 0 amide bonds. The molecule has 1 aromatic rings. The van der Waals surface area contributed by atoms with Gasteiger partial charge in [0.15, 0.2) is 5.78 Å². The SMILES string of the molecule is CC(=O)c1ccc(COCCl)cc1. The van der Waals surface area contributed by atoms with E-state index in [1.54, 1.807) is 19.1 Å². The molecule has 0 aromatic heterocycles. The lowest BCUT2D eigenvalue weighted by Crippen LogP contribution is -1.94. The van der Waals surface area contributed by atoms with Crippen LogP contribution in [0, 0.1) is 0 Å². The molecule has 3 heteroatoms. The molecule has 2 nitrogen and oxygen atoms in total. The van der Waals surface area contributed by atoms with Gasteiger partial charge in [-0.2, -0.15) is 0 Å². The number of hydrogen-bond acceptors (Lipinski definition) is 2. The van der Waals surface area contributed by atoms with Crippen molar-refractivity contribution in [1.82, 2.24) is 0 Å². The quantitative estimate of drug-likeness (QED) is 0.549. The number of rotatable bonds is 4. The molecule has 0 saturated carbocycles. The molecule has 1 rings (SSSR count). The van der Waals surface area contributed by atoms with Crippen molar-refractivity contribution >= 4 is 17.4 Å². The largest absolute Gasteiger partial charge is 0.361 e. The van der Waals surface area contributed by atoms with E-state index in [2.05, 4.69) is 0 Å². The number of alkyl halides is 1. The fourth-order valence-corrected chi connectivity index (χ4v) is 1.07. The highest BCUT2D eigenvalue weighted by molar-refractivity contribution is 6.17. The number of carbonyl (C=O) groups is 1. The van der Waals surface area contributed by atoms with Crippen molar-refractivity contribution in [3.8, 4) is 0 Å². The second-order valence-electron chi connectivity index (χ2n) is 2.71. The van der Waals surface area contributed by atoms with Gasteiger partial charge in [0.1, 0.15) is 6.07 Å². The number of hydrogen-bond donors (Lipinski definition) is 0. The van der Waals surface area contributed by atoms with Gasteiger partial charge in [0.05, 0.1) is 6.61 Å². The second kappa shape index (κ2) is 5.00. The van der Waals surface area contributed by atoms with Crippen molar-refractivity contribution in [2.45, 2.75) is 13.5 Å². The number of ether oxygens (including phenoxy) is 1. The lowest BCUT2D eigenvalue weighted by Gasteiger charge is -2.01. The van der Waals surface area contributed by atoms with Gasteiger partial charge < -0.3 is 4.74 Å². The molecule has 0 saturated heterocycles. The van der Waals surface area contributed by atoms with Gasteiger partial charge in [-0.05, 0) is 12.5 Å². The summed E-state index contributed by atoms with van der Waals surface area (Å²) in [5.74, 6) is 0.0739. The Morgan fingerprint density at radius 3 is 2.46 bits per heavy atom. The summed E-state index contributed by atoms with van der Waals surface area (Å²) in [5, 5.41) is 0. The maximum Gasteiger partial charge on any atom is 0.159 e. The molecular weight excluding hydrogens is 188 g/mol. The Balaban J connectivity index is 2.64. The molecule has 0 fully saturated rings. The molecule has 0 atom stereocenters. The number of Topliss-reactive ketones (excluding diaryl/α,β-unsaturated/α-hetero) is 1. The Morgan fingerprint density at radius 1 is 1.38 bits per heavy atom. The van der Waals surface area contributed by atoms with Gasteiger partial charge in [0.2, 0.25) is 0 Å². The zero-order valence-corrected chi connectivity index (χ0v) is 8.17. The van der Waals surface area contributed by atoms with E-state index in [1.165, 1.54) is 0 Å². The number of carbonyl (C=O) groups excluding carboxylic acids is 1. The zero-order valence-electron chi connectivity index (χ0n) is 7.42. The van der Waals surface area contributed by atoms with Gasteiger partial charge in [-0.15, -0.1) is 0 Å². The summed E-state index contributed by atoms with van der Waals surface area (Å²) >= 11 is 5.36. The summed E-state index contributed by atoms with van der Waals surface area (Å²) < 4.78 is 5.00. The maximum absolute atomic E-state index is 10.9. The van der Waals surface area contributed by atoms with Crippen LogP contribution < -0.4 is 0 Å². The summed E-state index contributed by atoms with van der Waals surface area (Å²) in [7, 11) is 0. The lowest BCUT2D eigenvalue weighted by atomic mass is 10.1. The van der Waals surface area contributed by atoms with Crippen LogP contribution in [0.25, 0.3) is 0 Å². The Kier molecular flexibility index (Phi) is 3.93. The molecule has 0 heterocycles. The predicted octanol–water partition coefficient (Wildman–Crippen LogP) is 2.60. The molecule has 0 aliphatic carbocycles.